The lowest BCUT2D eigenvalue weighted by atomic mass is 10.1. The van der Waals surface area contributed by atoms with E-state index in [1.165, 1.54) is 12.8 Å². The van der Waals surface area contributed by atoms with Crippen molar-refractivity contribution in [2.75, 3.05) is 0 Å². The molecule has 0 aromatic rings. The summed E-state index contributed by atoms with van der Waals surface area (Å²) in [4.78, 5) is 22.3. The van der Waals surface area contributed by atoms with Crippen LogP contribution in [0, 0.1) is 0 Å². The minimum absolute atomic E-state index is 0.137. The lowest BCUT2D eigenvalue weighted by molar-refractivity contribution is -0.142. The predicted octanol–water partition coefficient (Wildman–Crippen LogP) is 2.72. The number of hydrogen-bond acceptors (Lipinski definition) is 2. The monoisotopic (exact) mass is 243 g/mol. The molecular formula is C13H25NO3. The highest BCUT2D eigenvalue weighted by molar-refractivity contribution is 5.83. The first-order chi connectivity index (χ1) is 8.11. The Morgan fingerprint density at radius 2 is 1.71 bits per heavy atom. The molecule has 0 rings (SSSR count). The van der Waals surface area contributed by atoms with Crippen LogP contribution in [0.4, 0.5) is 0 Å². The van der Waals surface area contributed by atoms with E-state index in [9.17, 15) is 9.59 Å². The minimum atomic E-state index is -0.939. The quantitative estimate of drug-likeness (QED) is 0.580. The van der Waals surface area contributed by atoms with Crippen LogP contribution in [0.2, 0.25) is 0 Å². The molecule has 0 aliphatic heterocycles. The molecule has 0 aromatic heterocycles. The third kappa shape index (κ3) is 8.72. The molecule has 0 saturated heterocycles. The number of nitrogens with one attached hydrogen (secondary N) is 1. The van der Waals surface area contributed by atoms with Gasteiger partial charge >= 0.3 is 5.97 Å². The molecule has 4 heteroatoms. The predicted molar refractivity (Wildman–Crippen MR) is 67.9 cm³/mol. The Morgan fingerprint density at radius 1 is 1.06 bits per heavy atom. The van der Waals surface area contributed by atoms with Gasteiger partial charge in [-0.3, -0.25) is 4.79 Å². The first kappa shape index (κ1) is 15.9. The van der Waals surface area contributed by atoms with E-state index < -0.39 is 12.0 Å². The van der Waals surface area contributed by atoms with Gasteiger partial charge in [-0.1, -0.05) is 46.0 Å². The summed E-state index contributed by atoms with van der Waals surface area (Å²) in [5.74, 6) is -1.08. The SMILES string of the molecule is CCCCCCCC(=O)N[C@@H](CCC)C(=O)O. The second-order valence-corrected chi connectivity index (χ2v) is 4.41. The Morgan fingerprint density at radius 3 is 2.24 bits per heavy atom. The van der Waals surface area contributed by atoms with E-state index in [1.54, 1.807) is 0 Å². The zero-order chi connectivity index (χ0) is 13.1. The van der Waals surface area contributed by atoms with Crippen molar-refractivity contribution in [3.8, 4) is 0 Å². The molecule has 0 saturated carbocycles. The topological polar surface area (TPSA) is 66.4 Å². The summed E-state index contributed by atoms with van der Waals surface area (Å²) in [6.45, 7) is 4.06. The first-order valence-corrected chi connectivity index (χ1v) is 6.64. The van der Waals surface area contributed by atoms with Crippen LogP contribution >= 0.6 is 0 Å². The summed E-state index contributed by atoms with van der Waals surface area (Å²) < 4.78 is 0. The van der Waals surface area contributed by atoms with Crippen molar-refractivity contribution in [3.63, 3.8) is 0 Å². The molecule has 17 heavy (non-hydrogen) atoms. The highest BCUT2D eigenvalue weighted by Gasteiger charge is 2.17. The highest BCUT2D eigenvalue weighted by Crippen LogP contribution is 2.05. The molecule has 0 unspecified atom stereocenters. The number of carboxylic acid groups (broad SMARTS) is 1. The summed E-state index contributed by atoms with van der Waals surface area (Å²) in [7, 11) is 0. The van der Waals surface area contributed by atoms with Gasteiger partial charge in [-0.25, -0.2) is 4.79 Å². The third-order valence-corrected chi connectivity index (χ3v) is 2.72. The van der Waals surface area contributed by atoms with Gasteiger partial charge in [-0.2, -0.15) is 0 Å². The molecule has 100 valence electrons. The second-order valence-electron chi connectivity index (χ2n) is 4.41. The largest absolute Gasteiger partial charge is 0.480 e. The molecule has 1 amide bonds. The maximum absolute atomic E-state index is 11.5. The van der Waals surface area contributed by atoms with Crippen molar-refractivity contribution in [3.05, 3.63) is 0 Å². The zero-order valence-electron chi connectivity index (χ0n) is 11.0. The fourth-order valence-corrected chi connectivity index (χ4v) is 1.70. The van der Waals surface area contributed by atoms with E-state index in [-0.39, 0.29) is 5.91 Å². The number of hydrogen-bond donors (Lipinski definition) is 2. The maximum Gasteiger partial charge on any atom is 0.326 e. The molecule has 0 heterocycles. The van der Waals surface area contributed by atoms with E-state index in [1.807, 2.05) is 6.92 Å². The number of rotatable bonds is 10. The molecule has 4 nitrogen and oxygen atoms in total. The van der Waals surface area contributed by atoms with E-state index in [0.717, 1.165) is 25.7 Å². The molecule has 0 fully saturated rings. The first-order valence-electron chi connectivity index (χ1n) is 6.64. The van der Waals surface area contributed by atoms with Crippen LogP contribution in [-0.2, 0) is 9.59 Å². The number of unbranched alkanes of at least 4 members (excludes halogenated alkanes) is 4. The Bertz CT molecular complexity index is 229. The van der Waals surface area contributed by atoms with Gasteiger partial charge < -0.3 is 10.4 Å². The highest BCUT2D eigenvalue weighted by atomic mass is 16.4. The molecule has 1 atom stereocenters. The van der Waals surface area contributed by atoms with Crippen LogP contribution in [0.15, 0.2) is 0 Å². The average Bonchev–Trinajstić information content (AvgIpc) is 2.28. The molecule has 0 aromatic carbocycles. The summed E-state index contributed by atoms with van der Waals surface area (Å²) in [5.41, 5.74) is 0. The normalized spacial score (nSPS) is 12.1. The number of aliphatic carboxylic acids is 1. The van der Waals surface area contributed by atoms with Crippen LogP contribution in [0.25, 0.3) is 0 Å². The second kappa shape index (κ2) is 10.1. The van der Waals surface area contributed by atoms with Crippen molar-refractivity contribution in [2.45, 2.75) is 71.3 Å². The Kier molecular flexibility index (Phi) is 9.49. The summed E-state index contributed by atoms with van der Waals surface area (Å²) in [5, 5.41) is 11.4. The van der Waals surface area contributed by atoms with Gasteiger partial charge in [0, 0.05) is 6.42 Å². The molecule has 0 bridgehead atoms. The standard InChI is InChI=1S/C13H25NO3/c1-3-5-6-7-8-10-12(15)14-11(9-4-2)13(16)17/h11H,3-10H2,1-2H3,(H,14,15)(H,16,17)/t11-/m0/s1. The molecular weight excluding hydrogens is 218 g/mol. The fraction of sp³-hybridized carbons (Fsp3) is 0.846. The summed E-state index contributed by atoms with van der Waals surface area (Å²) >= 11 is 0. The van der Waals surface area contributed by atoms with Gasteiger partial charge in [0.1, 0.15) is 6.04 Å². The molecule has 0 spiro atoms. The molecule has 0 aliphatic carbocycles. The van der Waals surface area contributed by atoms with E-state index in [2.05, 4.69) is 12.2 Å². The van der Waals surface area contributed by atoms with Crippen molar-refractivity contribution in [1.29, 1.82) is 0 Å². The Hall–Kier alpha value is -1.06. The van der Waals surface area contributed by atoms with Gasteiger partial charge in [0.25, 0.3) is 0 Å². The van der Waals surface area contributed by atoms with Crippen molar-refractivity contribution < 1.29 is 14.7 Å². The fourth-order valence-electron chi connectivity index (χ4n) is 1.70. The number of carboxylic acids is 1. The third-order valence-electron chi connectivity index (χ3n) is 2.72. The van der Waals surface area contributed by atoms with Crippen LogP contribution in [0.3, 0.4) is 0 Å². The van der Waals surface area contributed by atoms with Crippen LogP contribution in [-0.4, -0.2) is 23.0 Å². The van der Waals surface area contributed by atoms with E-state index in [0.29, 0.717) is 12.8 Å². The van der Waals surface area contributed by atoms with Gasteiger partial charge in [-0.15, -0.1) is 0 Å². The van der Waals surface area contributed by atoms with Crippen LogP contribution < -0.4 is 5.32 Å². The molecule has 2 N–H and O–H groups in total. The lowest BCUT2D eigenvalue weighted by Crippen LogP contribution is -2.40. The van der Waals surface area contributed by atoms with E-state index in [4.69, 9.17) is 5.11 Å². The Balaban J connectivity index is 3.71. The lowest BCUT2D eigenvalue weighted by Gasteiger charge is -2.13. The van der Waals surface area contributed by atoms with Gasteiger partial charge in [0.15, 0.2) is 0 Å². The van der Waals surface area contributed by atoms with Crippen molar-refractivity contribution in [2.24, 2.45) is 0 Å². The van der Waals surface area contributed by atoms with Gasteiger partial charge in [0.05, 0.1) is 0 Å². The average molecular weight is 243 g/mol. The summed E-state index contributed by atoms with van der Waals surface area (Å²) in [6.07, 6.45) is 7.14. The van der Waals surface area contributed by atoms with E-state index >= 15 is 0 Å². The Labute approximate surface area is 104 Å². The smallest absolute Gasteiger partial charge is 0.326 e. The summed E-state index contributed by atoms with van der Waals surface area (Å²) in [6, 6.07) is -0.719. The maximum atomic E-state index is 11.5. The zero-order valence-corrected chi connectivity index (χ0v) is 11.0. The van der Waals surface area contributed by atoms with Crippen LogP contribution in [0.1, 0.15) is 65.2 Å². The van der Waals surface area contributed by atoms with Crippen molar-refractivity contribution >= 4 is 11.9 Å². The van der Waals surface area contributed by atoms with Gasteiger partial charge in [0.2, 0.25) is 5.91 Å². The number of amides is 1. The van der Waals surface area contributed by atoms with Gasteiger partial charge in [-0.05, 0) is 12.8 Å². The molecule has 0 aliphatic rings. The minimum Gasteiger partial charge on any atom is -0.480 e. The van der Waals surface area contributed by atoms with Crippen LogP contribution in [0.5, 0.6) is 0 Å². The molecule has 0 radical (unpaired) electrons. The van der Waals surface area contributed by atoms with Crippen molar-refractivity contribution in [1.82, 2.24) is 5.32 Å². The number of carbonyl (C=O) groups is 2. The number of carbonyl (C=O) groups excluding carboxylic acids is 1.